The molecule has 1 fully saturated rings. The lowest BCUT2D eigenvalue weighted by Crippen LogP contribution is -2.32. The Kier molecular flexibility index (Phi) is 5.30. The standard InChI is InChI=1S/C14H23N5O2/c1-19(2)13-16-11(17-14(18-13)21-3)9-15-12(20)10-7-5-4-6-8-10/h10H,4-9H2,1-3H3,(H,15,20). The molecular formula is C14H23N5O2. The van der Waals surface area contributed by atoms with Gasteiger partial charge in [0.15, 0.2) is 5.82 Å². The molecule has 1 aliphatic carbocycles. The van der Waals surface area contributed by atoms with Crippen LogP contribution in [-0.2, 0) is 11.3 Å². The molecule has 7 heteroatoms. The highest BCUT2D eigenvalue weighted by atomic mass is 16.5. The maximum absolute atomic E-state index is 12.1. The molecule has 0 unspecified atom stereocenters. The van der Waals surface area contributed by atoms with E-state index in [1.165, 1.54) is 13.5 Å². The second-order valence-corrected chi connectivity index (χ2v) is 5.49. The lowest BCUT2D eigenvalue weighted by Gasteiger charge is -2.20. The predicted octanol–water partition coefficient (Wildman–Crippen LogP) is 1.14. The van der Waals surface area contributed by atoms with Crippen LogP contribution in [0.5, 0.6) is 6.01 Å². The average molecular weight is 293 g/mol. The van der Waals surface area contributed by atoms with E-state index in [-0.39, 0.29) is 17.8 Å². The van der Waals surface area contributed by atoms with E-state index >= 15 is 0 Å². The lowest BCUT2D eigenvalue weighted by molar-refractivity contribution is -0.126. The number of methoxy groups -OCH3 is 1. The van der Waals surface area contributed by atoms with Gasteiger partial charge in [0, 0.05) is 20.0 Å². The number of aromatic nitrogens is 3. The average Bonchev–Trinajstić information content (AvgIpc) is 2.53. The van der Waals surface area contributed by atoms with Crippen LogP contribution in [0.25, 0.3) is 0 Å². The fourth-order valence-electron chi connectivity index (χ4n) is 2.43. The topological polar surface area (TPSA) is 80.2 Å². The molecule has 0 bridgehead atoms. The number of amides is 1. The van der Waals surface area contributed by atoms with Gasteiger partial charge in [-0.05, 0) is 12.8 Å². The van der Waals surface area contributed by atoms with Crippen LogP contribution in [0.15, 0.2) is 0 Å². The van der Waals surface area contributed by atoms with Gasteiger partial charge in [0.2, 0.25) is 11.9 Å². The van der Waals surface area contributed by atoms with Gasteiger partial charge in [-0.1, -0.05) is 19.3 Å². The second-order valence-electron chi connectivity index (χ2n) is 5.49. The third-order valence-electron chi connectivity index (χ3n) is 3.63. The Morgan fingerprint density at radius 2 is 1.95 bits per heavy atom. The summed E-state index contributed by atoms with van der Waals surface area (Å²) in [6, 6.07) is 0.260. The van der Waals surface area contributed by atoms with Crippen LogP contribution in [0.3, 0.4) is 0 Å². The van der Waals surface area contributed by atoms with Crippen LogP contribution in [0.1, 0.15) is 37.9 Å². The number of carbonyl (C=O) groups is 1. The molecule has 0 spiro atoms. The molecule has 21 heavy (non-hydrogen) atoms. The molecule has 116 valence electrons. The maximum atomic E-state index is 12.1. The summed E-state index contributed by atoms with van der Waals surface area (Å²) in [6.07, 6.45) is 5.48. The van der Waals surface area contributed by atoms with Crippen molar-refractivity contribution in [1.29, 1.82) is 0 Å². The quantitative estimate of drug-likeness (QED) is 0.877. The Morgan fingerprint density at radius 1 is 1.24 bits per heavy atom. The van der Waals surface area contributed by atoms with Gasteiger partial charge in [0.1, 0.15) is 0 Å². The molecule has 0 aliphatic heterocycles. The number of anilines is 1. The highest BCUT2D eigenvalue weighted by Gasteiger charge is 2.21. The lowest BCUT2D eigenvalue weighted by atomic mass is 9.89. The van der Waals surface area contributed by atoms with Crippen molar-refractivity contribution in [3.8, 4) is 6.01 Å². The van der Waals surface area contributed by atoms with Crippen LogP contribution in [0, 0.1) is 5.92 Å². The minimum atomic E-state index is 0.0977. The third kappa shape index (κ3) is 4.27. The minimum Gasteiger partial charge on any atom is -0.467 e. The Hall–Kier alpha value is -1.92. The van der Waals surface area contributed by atoms with E-state index in [0.717, 1.165) is 25.7 Å². The van der Waals surface area contributed by atoms with Crippen molar-refractivity contribution in [2.45, 2.75) is 38.6 Å². The van der Waals surface area contributed by atoms with Crippen LogP contribution < -0.4 is 15.0 Å². The highest BCUT2D eigenvalue weighted by molar-refractivity contribution is 5.78. The van der Waals surface area contributed by atoms with Crippen LogP contribution in [0.4, 0.5) is 5.95 Å². The largest absolute Gasteiger partial charge is 0.467 e. The Bertz CT molecular complexity index is 486. The molecule has 0 radical (unpaired) electrons. The molecule has 0 saturated heterocycles. The number of rotatable bonds is 5. The van der Waals surface area contributed by atoms with Gasteiger partial charge < -0.3 is 15.0 Å². The summed E-state index contributed by atoms with van der Waals surface area (Å²) in [7, 11) is 5.21. The maximum Gasteiger partial charge on any atom is 0.321 e. The number of ether oxygens (including phenoxy) is 1. The zero-order valence-electron chi connectivity index (χ0n) is 12.9. The van der Waals surface area contributed by atoms with E-state index in [4.69, 9.17) is 4.74 Å². The minimum absolute atomic E-state index is 0.0977. The SMILES string of the molecule is COc1nc(CNC(=O)C2CCCCC2)nc(N(C)C)n1. The Morgan fingerprint density at radius 3 is 2.57 bits per heavy atom. The molecule has 0 atom stereocenters. The van der Waals surface area contributed by atoms with Gasteiger partial charge in [-0.15, -0.1) is 0 Å². The number of nitrogens with zero attached hydrogens (tertiary/aromatic N) is 4. The van der Waals surface area contributed by atoms with Gasteiger partial charge in [0.05, 0.1) is 13.7 Å². The molecule has 1 heterocycles. The fraction of sp³-hybridized carbons (Fsp3) is 0.714. The van der Waals surface area contributed by atoms with Gasteiger partial charge >= 0.3 is 6.01 Å². The van der Waals surface area contributed by atoms with Gasteiger partial charge in [-0.3, -0.25) is 4.79 Å². The normalized spacial score (nSPS) is 15.6. The number of hydrogen-bond donors (Lipinski definition) is 1. The zero-order valence-corrected chi connectivity index (χ0v) is 12.9. The van der Waals surface area contributed by atoms with Crippen molar-refractivity contribution in [2.24, 2.45) is 5.92 Å². The molecule has 0 aromatic carbocycles. The van der Waals surface area contributed by atoms with Crippen molar-refractivity contribution in [2.75, 3.05) is 26.1 Å². The predicted molar refractivity (Wildman–Crippen MR) is 79.1 cm³/mol. The van der Waals surface area contributed by atoms with Crippen molar-refractivity contribution in [3.05, 3.63) is 5.82 Å². The molecule has 1 aromatic heterocycles. The third-order valence-corrected chi connectivity index (χ3v) is 3.63. The molecule has 7 nitrogen and oxygen atoms in total. The first kappa shape index (κ1) is 15.5. The first-order chi connectivity index (χ1) is 10.1. The molecule has 1 N–H and O–H groups in total. The zero-order chi connectivity index (χ0) is 15.2. The molecule has 1 saturated carbocycles. The Labute approximate surface area is 125 Å². The second kappa shape index (κ2) is 7.19. The molecule has 1 aliphatic rings. The van der Waals surface area contributed by atoms with Gasteiger partial charge in [-0.25, -0.2) is 0 Å². The monoisotopic (exact) mass is 293 g/mol. The van der Waals surface area contributed by atoms with Crippen molar-refractivity contribution in [1.82, 2.24) is 20.3 Å². The summed E-state index contributed by atoms with van der Waals surface area (Å²) >= 11 is 0. The first-order valence-corrected chi connectivity index (χ1v) is 7.34. The number of hydrogen-bond acceptors (Lipinski definition) is 6. The van der Waals surface area contributed by atoms with Gasteiger partial charge in [0.25, 0.3) is 0 Å². The van der Waals surface area contributed by atoms with Crippen LogP contribution in [0.2, 0.25) is 0 Å². The molecule has 1 aromatic rings. The summed E-state index contributed by atoms with van der Waals surface area (Å²) < 4.78 is 5.07. The summed E-state index contributed by atoms with van der Waals surface area (Å²) in [4.78, 5) is 26.5. The molecular weight excluding hydrogens is 270 g/mol. The van der Waals surface area contributed by atoms with E-state index in [0.29, 0.717) is 18.3 Å². The van der Waals surface area contributed by atoms with Crippen molar-refractivity contribution in [3.63, 3.8) is 0 Å². The highest BCUT2D eigenvalue weighted by Crippen LogP contribution is 2.23. The van der Waals surface area contributed by atoms with E-state index in [2.05, 4.69) is 20.3 Å². The smallest absolute Gasteiger partial charge is 0.321 e. The summed E-state index contributed by atoms with van der Waals surface area (Å²) in [5, 5.41) is 2.92. The fourth-order valence-corrected chi connectivity index (χ4v) is 2.43. The Balaban J connectivity index is 1.98. The summed E-state index contributed by atoms with van der Waals surface area (Å²) in [5.41, 5.74) is 0. The van der Waals surface area contributed by atoms with Crippen LogP contribution in [-0.4, -0.2) is 42.1 Å². The van der Waals surface area contributed by atoms with Gasteiger partial charge in [-0.2, -0.15) is 15.0 Å². The molecule has 1 amide bonds. The summed E-state index contributed by atoms with van der Waals surface area (Å²) in [6.45, 7) is 0.301. The molecule has 2 rings (SSSR count). The summed E-state index contributed by atoms with van der Waals surface area (Å²) in [5.74, 6) is 1.26. The van der Waals surface area contributed by atoms with Crippen molar-refractivity contribution < 1.29 is 9.53 Å². The van der Waals surface area contributed by atoms with Crippen LogP contribution >= 0.6 is 0 Å². The van der Waals surface area contributed by atoms with E-state index in [1.807, 2.05) is 14.1 Å². The van der Waals surface area contributed by atoms with E-state index in [9.17, 15) is 4.79 Å². The van der Waals surface area contributed by atoms with Crippen molar-refractivity contribution >= 4 is 11.9 Å². The van der Waals surface area contributed by atoms with E-state index < -0.39 is 0 Å². The first-order valence-electron chi connectivity index (χ1n) is 7.34. The number of carbonyl (C=O) groups excluding carboxylic acids is 1. The van der Waals surface area contributed by atoms with E-state index in [1.54, 1.807) is 4.90 Å². The number of nitrogens with one attached hydrogen (secondary N) is 1.